The van der Waals surface area contributed by atoms with Crippen molar-refractivity contribution in [2.24, 2.45) is 0 Å². The van der Waals surface area contributed by atoms with Crippen molar-refractivity contribution in [3.63, 3.8) is 0 Å². The molecular weight excluding hydrogens is 192 g/mol. The van der Waals surface area contributed by atoms with Gasteiger partial charge in [-0.3, -0.25) is 9.78 Å². The van der Waals surface area contributed by atoms with Crippen molar-refractivity contribution in [1.82, 2.24) is 20.0 Å². The normalized spacial score (nSPS) is 10.2. The SMILES string of the molecule is CCC(=O)c1cnccc1-n1nccn1. The second-order valence-electron chi connectivity index (χ2n) is 2.99. The molecule has 15 heavy (non-hydrogen) atoms. The van der Waals surface area contributed by atoms with E-state index in [1.54, 1.807) is 30.9 Å². The Morgan fingerprint density at radius 1 is 1.33 bits per heavy atom. The second kappa shape index (κ2) is 4.00. The molecule has 0 N–H and O–H groups in total. The summed E-state index contributed by atoms with van der Waals surface area (Å²) >= 11 is 0. The molecule has 0 aliphatic carbocycles. The molecular formula is C10H10N4O. The van der Waals surface area contributed by atoms with Crippen LogP contribution in [-0.2, 0) is 0 Å². The lowest BCUT2D eigenvalue weighted by Crippen LogP contribution is -2.08. The fraction of sp³-hybridized carbons (Fsp3) is 0.200. The molecule has 0 atom stereocenters. The van der Waals surface area contributed by atoms with E-state index in [4.69, 9.17) is 0 Å². The molecule has 0 saturated heterocycles. The molecule has 2 aromatic heterocycles. The van der Waals surface area contributed by atoms with Gasteiger partial charge in [0, 0.05) is 18.8 Å². The summed E-state index contributed by atoms with van der Waals surface area (Å²) in [4.78, 5) is 17.0. The monoisotopic (exact) mass is 202 g/mol. The number of rotatable bonds is 3. The maximum Gasteiger partial charge on any atom is 0.166 e. The molecule has 0 aromatic carbocycles. The molecule has 0 aliphatic rings. The van der Waals surface area contributed by atoms with Crippen LogP contribution >= 0.6 is 0 Å². The third kappa shape index (κ3) is 1.76. The van der Waals surface area contributed by atoms with E-state index in [-0.39, 0.29) is 5.78 Å². The zero-order valence-corrected chi connectivity index (χ0v) is 8.29. The smallest absolute Gasteiger partial charge is 0.166 e. The van der Waals surface area contributed by atoms with Crippen molar-refractivity contribution in [2.75, 3.05) is 0 Å². The molecule has 0 bridgehead atoms. The van der Waals surface area contributed by atoms with E-state index in [9.17, 15) is 4.79 Å². The van der Waals surface area contributed by atoms with Gasteiger partial charge in [-0.15, -0.1) is 0 Å². The average molecular weight is 202 g/mol. The van der Waals surface area contributed by atoms with Crippen molar-refractivity contribution in [2.45, 2.75) is 13.3 Å². The van der Waals surface area contributed by atoms with Crippen LogP contribution in [0.25, 0.3) is 5.69 Å². The molecule has 2 aromatic rings. The van der Waals surface area contributed by atoms with Gasteiger partial charge in [-0.2, -0.15) is 15.0 Å². The molecule has 0 aliphatic heterocycles. The lowest BCUT2D eigenvalue weighted by atomic mass is 10.1. The van der Waals surface area contributed by atoms with E-state index in [1.165, 1.54) is 4.80 Å². The zero-order chi connectivity index (χ0) is 10.7. The lowest BCUT2D eigenvalue weighted by molar-refractivity contribution is 0.0987. The highest BCUT2D eigenvalue weighted by Gasteiger charge is 2.11. The first kappa shape index (κ1) is 9.51. The van der Waals surface area contributed by atoms with Crippen molar-refractivity contribution >= 4 is 5.78 Å². The molecule has 2 heterocycles. The van der Waals surface area contributed by atoms with E-state index in [2.05, 4.69) is 15.2 Å². The first-order chi connectivity index (χ1) is 7.33. The molecule has 0 fully saturated rings. The van der Waals surface area contributed by atoms with Crippen LogP contribution in [0.3, 0.4) is 0 Å². The van der Waals surface area contributed by atoms with Gasteiger partial charge in [0.05, 0.1) is 23.6 Å². The van der Waals surface area contributed by atoms with E-state index < -0.39 is 0 Å². The fourth-order valence-electron chi connectivity index (χ4n) is 1.31. The minimum Gasteiger partial charge on any atom is -0.294 e. The van der Waals surface area contributed by atoms with Gasteiger partial charge in [0.15, 0.2) is 5.78 Å². The van der Waals surface area contributed by atoms with Crippen LogP contribution in [0, 0.1) is 0 Å². The van der Waals surface area contributed by atoms with Crippen LogP contribution < -0.4 is 0 Å². The van der Waals surface area contributed by atoms with E-state index in [0.29, 0.717) is 17.7 Å². The summed E-state index contributed by atoms with van der Waals surface area (Å²) in [5, 5.41) is 7.98. The summed E-state index contributed by atoms with van der Waals surface area (Å²) in [6.45, 7) is 1.82. The first-order valence-electron chi connectivity index (χ1n) is 4.67. The Morgan fingerprint density at radius 2 is 2.07 bits per heavy atom. The molecule has 0 unspecified atom stereocenters. The van der Waals surface area contributed by atoms with Crippen molar-refractivity contribution < 1.29 is 4.79 Å². The first-order valence-corrected chi connectivity index (χ1v) is 4.67. The number of hydrogen-bond donors (Lipinski definition) is 0. The second-order valence-corrected chi connectivity index (χ2v) is 2.99. The van der Waals surface area contributed by atoms with Gasteiger partial charge in [-0.1, -0.05) is 6.92 Å². The number of aromatic nitrogens is 4. The molecule has 0 spiro atoms. The number of Topliss-reactive ketones (excluding diaryl/α,β-unsaturated/α-hetero) is 1. The molecule has 76 valence electrons. The average Bonchev–Trinajstić information content (AvgIpc) is 2.81. The maximum atomic E-state index is 11.6. The minimum atomic E-state index is 0.0374. The number of ketones is 1. The van der Waals surface area contributed by atoms with Crippen LogP contribution in [0.4, 0.5) is 0 Å². The number of nitrogens with zero attached hydrogens (tertiary/aromatic N) is 4. The summed E-state index contributed by atoms with van der Waals surface area (Å²) in [7, 11) is 0. The van der Waals surface area contributed by atoms with Crippen molar-refractivity contribution in [3.8, 4) is 5.69 Å². The standard InChI is InChI=1S/C10H10N4O/c1-2-10(15)8-7-11-4-3-9(8)14-12-5-6-13-14/h3-7H,2H2,1H3. The number of hydrogen-bond acceptors (Lipinski definition) is 4. The van der Waals surface area contributed by atoms with Crippen LogP contribution in [0.15, 0.2) is 30.9 Å². The van der Waals surface area contributed by atoms with Crippen LogP contribution in [-0.4, -0.2) is 25.8 Å². The highest BCUT2D eigenvalue weighted by Crippen LogP contribution is 2.12. The van der Waals surface area contributed by atoms with Crippen LogP contribution in [0.2, 0.25) is 0 Å². The van der Waals surface area contributed by atoms with Gasteiger partial charge in [-0.25, -0.2) is 0 Å². The number of carbonyl (C=O) groups excluding carboxylic acids is 1. The van der Waals surface area contributed by atoms with Gasteiger partial charge >= 0.3 is 0 Å². The van der Waals surface area contributed by atoms with Crippen LogP contribution in [0.1, 0.15) is 23.7 Å². The van der Waals surface area contributed by atoms with E-state index >= 15 is 0 Å². The Labute approximate surface area is 86.8 Å². The Morgan fingerprint density at radius 3 is 2.73 bits per heavy atom. The zero-order valence-electron chi connectivity index (χ0n) is 8.29. The van der Waals surface area contributed by atoms with Crippen molar-refractivity contribution in [1.29, 1.82) is 0 Å². The maximum absolute atomic E-state index is 11.6. The van der Waals surface area contributed by atoms with Gasteiger partial charge in [-0.05, 0) is 6.07 Å². The van der Waals surface area contributed by atoms with Gasteiger partial charge < -0.3 is 0 Å². The molecule has 5 nitrogen and oxygen atoms in total. The number of pyridine rings is 1. The van der Waals surface area contributed by atoms with Gasteiger partial charge in [0.2, 0.25) is 0 Å². The van der Waals surface area contributed by atoms with Crippen molar-refractivity contribution in [3.05, 3.63) is 36.4 Å². The Bertz CT molecular complexity index is 464. The van der Waals surface area contributed by atoms with E-state index in [1.807, 2.05) is 6.92 Å². The molecule has 0 amide bonds. The predicted octanol–water partition coefficient (Wildman–Crippen LogP) is 1.25. The summed E-state index contributed by atoms with van der Waals surface area (Å²) < 4.78 is 0. The van der Waals surface area contributed by atoms with Gasteiger partial charge in [0.1, 0.15) is 0 Å². The lowest BCUT2D eigenvalue weighted by Gasteiger charge is -2.04. The third-order valence-corrected chi connectivity index (χ3v) is 2.05. The Hall–Kier alpha value is -2.04. The molecule has 2 rings (SSSR count). The summed E-state index contributed by atoms with van der Waals surface area (Å²) in [6, 6.07) is 1.73. The molecule has 0 saturated carbocycles. The molecule has 0 radical (unpaired) electrons. The fourth-order valence-corrected chi connectivity index (χ4v) is 1.31. The highest BCUT2D eigenvalue weighted by atomic mass is 16.1. The van der Waals surface area contributed by atoms with Crippen LogP contribution in [0.5, 0.6) is 0 Å². The molecule has 5 heteroatoms. The number of carbonyl (C=O) groups is 1. The summed E-state index contributed by atoms with van der Waals surface area (Å²) in [5.74, 6) is 0.0374. The minimum absolute atomic E-state index is 0.0374. The predicted molar refractivity (Wildman–Crippen MR) is 53.8 cm³/mol. The topological polar surface area (TPSA) is 60.7 Å². The summed E-state index contributed by atoms with van der Waals surface area (Å²) in [5.41, 5.74) is 1.22. The third-order valence-electron chi connectivity index (χ3n) is 2.05. The highest BCUT2D eigenvalue weighted by molar-refractivity contribution is 5.98. The van der Waals surface area contributed by atoms with E-state index in [0.717, 1.165) is 0 Å². The quantitative estimate of drug-likeness (QED) is 0.703. The summed E-state index contributed by atoms with van der Waals surface area (Å²) in [6.07, 6.45) is 6.75. The Kier molecular flexibility index (Phi) is 2.53. The largest absolute Gasteiger partial charge is 0.294 e. The van der Waals surface area contributed by atoms with Gasteiger partial charge in [0.25, 0.3) is 0 Å². The Balaban J connectivity index is 2.52.